The number of carboxylic acid groups (broad SMARTS) is 1. The lowest BCUT2D eigenvalue weighted by Crippen LogP contribution is -2.32. The van der Waals surface area contributed by atoms with Crippen molar-refractivity contribution in [2.45, 2.75) is 12.5 Å². The molecule has 1 saturated heterocycles. The van der Waals surface area contributed by atoms with Crippen LogP contribution < -0.4 is 0 Å². The summed E-state index contributed by atoms with van der Waals surface area (Å²) in [6.07, 6.45) is -0.481. The number of benzene rings is 2. The molecule has 0 unspecified atom stereocenters. The maximum absolute atomic E-state index is 12.8. The molecule has 30 heavy (non-hydrogen) atoms. The molecule has 9 nitrogen and oxygen atoms in total. The van der Waals surface area contributed by atoms with Crippen LogP contribution in [-0.2, 0) is 14.4 Å². The minimum atomic E-state index is -1.32. The van der Waals surface area contributed by atoms with E-state index in [-0.39, 0.29) is 28.9 Å². The zero-order valence-corrected chi connectivity index (χ0v) is 16.1. The number of para-hydroxylation sites is 1. The van der Waals surface area contributed by atoms with Crippen LogP contribution in [0.15, 0.2) is 54.1 Å². The Morgan fingerprint density at radius 2 is 1.73 bits per heavy atom. The predicted molar refractivity (Wildman–Crippen MR) is 106 cm³/mol. The minimum absolute atomic E-state index is 0.0115. The molecule has 0 saturated carbocycles. The molecule has 1 heterocycles. The van der Waals surface area contributed by atoms with Crippen molar-refractivity contribution in [2.75, 3.05) is 6.54 Å². The lowest BCUT2D eigenvalue weighted by Gasteiger charge is -2.24. The number of Topliss-reactive ketones (excluding diaryl/α,β-unsaturated/α-hetero) is 1. The van der Waals surface area contributed by atoms with Gasteiger partial charge in [-0.05, 0) is 30.3 Å². The number of aliphatic carboxylic acids is 1. The first-order valence-corrected chi connectivity index (χ1v) is 9.09. The van der Waals surface area contributed by atoms with E-state index in [0.29, 0.717) is 5.02 Å². The molecule has 154 valence electrons. The van der Waals surface area contributed by atoms with E-state index < -0.39 is 40.8 Å². The minimum Gasteiger partial charge on any atom is -0.507 e. The monoisotopic (exact) mass is 430 g/mol. The highest BCUT2D eigenvalue weighted by atomic mass is 35.5. The van der Waals surface area contributed by atoms with Gasteiger partial charge in [-0.25, -0.2) is 0 Å². The molecule has 1 aliphatic rings. The van der Waals surface area contributed by atoms with E-state index in [9.17, 15) is 29.6 Å². The topological polar surface area (TPSA) is 138 Å². The molecular formula is C20H15ClN2O7. The number of halogens is 1. The van der Waals surface area contributed by atoms with Crippen LogP contribution in [0.2, 0.25) is 5.02 Å². The summed E-state index contributed by atoms with van der Waals surface area (Å²) in [7, 11) is 0. The van der Waals surface area contributed by atoms with Gasteiger partial charge in [0.05, 0.1) is 28.5 Å². The second-order valence-corrected chi connectivity index (χ2v) is 6.90. The zero-order chi connectivity index (χ0) is 22.0. The number of carbonyl (C=O) groups excluding carboxylic acids is 2. The number of ketones is 1. The Hall–Kier alpha value is -3.72. The van der Waals surface area contributed by atoms with Gasteiger partial charge in [0.15, 0.2) is 0 Å². The molecule has 2 aromatic rings. The number of carboxylic acids is 1. The molecule has 0 aliphatic carbocycles. The van der Waals surface area contributed by atoms with Crippen molar-refractivity contribution in [2.24, 2.45) is 0 Å². The number of hydrogen-bond acceptors (Lipinski definition) is 6. The van der Waals surface area contributed by atoms with Crippen molar-refractivity contribution in [3.63, 3.8) is 0 Å². The van der Waals surface area contributed by atoms with Gasteiger partial charge in [-0.15, -0.1) is 0 Å². The standard InChI is InChI=1S/C20H15ClN2O7/c21-12-7-5-11(6-8-12)18(26)16-17(13-3-1-2-4-14(13)23(29)30)22(10-9-15(24)25)20(28)19(16)27/h1-8,17,26H,9-10H2,(H,24,25)/b18-16+/t17-/m1/s1. The fraction of sp³-hybridized carbons (Fsp3) is 0.150. The van der Waals surface area contributed by atoms with Crippen LogP contribution in [0.5, 0.6) is 0 Å². The van der Waals surface area contributed by atoms with Crippen LogP contribution in [0, 0.1) is 10.1 Å². The summed E-state index contributed by atoms with van der Waals surface area (Å²) in [5, 5.41) is 31.7. The van der Waals surface area contributed by atoms with Crippen LogP contribution in [0.25, 0.3) is 5.76 Å². The van der Waals surface area contributed by atoms with Crippen molar-refractivity contribution in [3.05, 3.63) is 80.4 Å². The highest BCUT2D eigenvalue weighted by molar-refractivity contribution is 6.46. The maximum atomic E-state index is 12.8. The Bertz CT molecular complexity index is 1080. The first kappa shape index (κ1) is 21.0. The molecule has 0 bridgehead atoms. The summed E-state index contributed by atoms with van der Waals surface area (Å²) >= 11 is 5.84. The number of aliphatic hydroxyl groups excluding tert-OH is 1. The third-order valence-corrected chi connectivity index (χ3v) is 4.90. The summed E-state index contributed by atoms with van der Waals surface area (Å²) in [6.45, 7) is -0.367. The molecule has 1 aliphatic heterocycles. The molecule has 0 radical (unpaired) electrons. The molecule has 0 aromatic heterocycles. The first-order chi connectivity index (χ1) is 14.2. The third kappa shape index (κ3) is 3.87. The van der Waals surface area contributed by atoms with E-state index in [0.717, 1.165) is 4.90 Å². The summed E-state index contributed by atoms with van der Waals surface area (Å²) in [6, 6.07) is 9.95. The molecule has 2 aromatic carbocycles. The molecule has 2 N–H and O–H groups in total. The summed E-state index contributed by atoms with van der Waals surface area (Å²) < 4.78 is 0. The first-order valence-electron chi connectivity index (χ1n) is 8.71. The average Bonchev–Trinajstić information content (AvgIpc) is 2.96. The van der Waals surface area contributed by atoms with E-state index in [1.54, 1.807) is 0 Å². The summed E-state index contributed by atoms with van der Waals surface area (Å²) in [5.74, 6) is -3.85. The molecular weight excluding hydrogens is 416 g/mol. The fourth-order valence-electron chi connectivity index (χ4n) is 3.30. The van der Waals surface area contributed by atoms with Gasteiger partial charge in [0, 0.05) is 23.2 Å². The van der Waals surface area contributed by atoms with Gasteiger partial charge in [-0.1, -0.05) is 23.7 Å². The van der Waals surface area contributed by atoms with Crippen LogP contribution in [-0.4, -0.2) is 44.2 Å². The largest absolute Gasteiger partial charge is 0.507 e. The number of rotatable bonds is 6. The summed E-state index contributed by atoms with van der Waals surface area (Å²) in [4.78, 5) is 48.2. The highest BCUT2D eigenvalue weighted by Crippen LogP contribution is 2.42. The molecule has 10 heteroatoms. The SMILES string of the molecule is O=C(O)CCN1C(=O)C(=O)/C(=C(/O)c2ccc(Cl)cc2)[C@H]1c1ccccc1[N+](=O)[O-]. The van der Waals surface area contributed by atoms with E-state index >= 15 is 0 Å². The van der Waals surface area contributed by atoms with Gasteiger partial charge in [0.2, 0.25) is 0 Å². The maximum Gasteiger partial charge on any atom is 0.305 e. The van der Waals surface area contributed by atoms with Gasteiger partial charge in [0.25, 0.3) is 17.4 Å². The number of hydrogen-bond donors (Lipinski definition) is 2. The van der Waals surface area contributed by atoms with E-state index in [1.807, 2.05) is 0 Å². The average molecular weight is 431 g/mol. The number of carbonyl (C=O) groups is 3. The van der Waals surface area contributed by atoms with Crippen molar-refractivity contribution in [1.29, 1.82) is 0 Å². The molecule has 3 rings (SSSR count). The van der Waals surface area contributed by atoms with Gasteiger partial charge < -0.3 is 15.1 Å². The lowest BCUT2D eigenvalue weighted by molar-refractivity contribution is -0.385. The Balaban J connectivity index is 2.23. The van der Waals surface area contributed by atoms with Crippen molar-refractivity contribution < 1.29 is 29.5 Å². The lowest BCUT2D eigenvalue weighted by atomic mass is 9.94. The Morgan fingerprint density at radius 3 is 2.33 bits per heavy atom. The summed E-state index contributed by atoms with van der Waals surface area (Å²) in [5.41, 5.74) is -0.560. The Kier molecular flexibility index (Phi) is 5.84. The number of likely N-dealkylation sites (tertiary alicyclic amines) is 1. The number of nitro groups is 1. The highest BCUT2D eigenvalue weighted by Gasteiger charge is 2.48. The molecule has 1 atom stereocenters. The van der Waals surface area contributed by atoms with Crippen LogP contribution >= 0.6 is 11.6 Å². The van der Waals surface area contributed by atoms with Crippen LogP contribution in [0.1, 0.15) is 23.6 Å². The molecule has 1 amide bonds. The van der Waals surface area contributed by atoms with Crippen LogP contribution in [0.4, 0.5) is 5.69 Å². The Morgan fingerprint density at radius 1 is 1.10 bits per heavy atom. The van der Waals surface area contributed by atoms with E-state index in [4.69, 9.17) is 16.7 Å². The van der Waals surface area contributed by atoms with Gasteiger partial charge in [0.1, 0.15) is 5.76 Å². The number of nitro benzene ring substituents is 1. The van der Waals surface area contributed by atoms with Gasteiger partial charge in [-0.2, -0.15) is 0 Å². The normalized spacial score (nSPS) is 17.9. The second kappa shape index (κ2) is 8.34. The quantitative estimate of drug-likeness (QED) is 0.236. The molecule has 1 fully saturated rings. The van der Waals surface area contributed by atoms with Crippen molar-refractivity contribution >= 4 is 40.7 Å². The van der Waals surface area contributed by atoms with Crippen LogP contribution in [0.3, 0.4) is 0 Å². The van der Waals surface area contributed by atoms with E-state index in [2.05, 4.69) is 0 Å². The number of nitrogens with zero attached hydrogens (tertiary/aromatic N) is 2. The smallest absolute Gasteiger partial charge is 0.305 e. The zero-order valence-electron chi connectivity index (χ0n) is 15.3. The fourth-order valence-corrected chi connectivity index (χ4v) is 3.42. The number of aliphatic hydroxyl groups is 1. The van der Waals surface area contributed by atoms with Gasteiger partial charge >= 0.3 is 5.97 Å². The van der Waals surface area contributed by atoms with E-state index in [1.165, 1.54) is 48.5 Å². The Labute approximate surface area is 175 Å². The third-order valence-electron chi connectivity index (χ3n) is 4.65. The second-order valence-electron chi connectivity index (χ2n) is 6.46. The molecule has 0 spiro atoms. The number of amides is 1. The van der Waals surface area contributed by atoms with Crippen molar-refractivity contribution in [3.8, 4) is 0 Å². The van der Waals surface area contributed by atoms with Gasteiger partial charge in [-0.3, -0.25) is 24.5 Å². The predicted octanol–water partition coefficient (Wildman–Crippen LogP) is 3.14. The van der Waals surface area contributed by atoms with Crippen molar-refractivity contribution in [1.82, 2.24) is 4.90 Å².